The van der Waals surface area contributed by atoms with Crippen molar-refractivity contribution in [3.8, 4) is 0 Å². The Morgan fingerprint density at radius 3 is 2.69 bits per heavy atom. The Morgan fingerprint density at radius 1 is 1.77 bits per heavy atom. The van der Waals surface area contributed by atoms with Crippen LogP contribution in [0.25, 0.3) is 0 Å². The van der Waals surface area contributed by atoms with Crippen LogP contribution in [-0.2, 0) is 18.6 Å². The van der Waals surface area contributed by atoms with Gasteiger partial charge in [0.25, 0.3) is 0 Å². The topological polar surface area (TPSA) is 93.1 Å². The van der Waals surface area contributed by atoms with Crippen molar-refractivity contribution in [2.24, 2.45) is 0 Å². The quantitative estimate of drug-likeness (QED) is 0.500. The largest absolute Gasteiger partial charge is 0.473 e. The Bertz CT molecular complexity index is 313. The number of carbonyl (C=O) groups is 1. The van der Waals surface area contributed by atoms with Crippen LogP contribution in [0.3, 0.4) is 0 Å². The van der Waals surface area contributed by atoms with Crippen molar-refractivity contribution in [1.29, 1.82) is 0 Å². The van der Waals surface area contributed by atoms with Gasteiger partial charge in [0.15, 0.2) is 5.78 Å². The smallest absolute Gasteiger partial charge is 0.467 e. The Morgan fingerprint density at radius 2 is 2.38 bits per heavy atom. The van der Waals surface area contributed by atoms with Crippen LogP contribution >= 0.6 is 7.82 Å². The van der Waals surface area contributed by atoms with Crippen LogP contribution in [-0.4, -0.2) is 21.9 Å². The lowest BCUT2D eigenvalue weighted by molar-refractivity contribution is -0.119. The number of allylic oxidation sites excluding steroid dienone is 1. The SMILES string of the molecule is C=CC(=O)C1=COC1OP(=O)(O)O. The van der Waals surface area contributed by atoms with Gasteiger partial charge in [-0.05, 0) is 6.08 Å². The Labute approximate surface area is 73.7 Å². The monoisotopic (exact) mass is 206 g/mol. The second kappa shape index (κ2) is 3.43. The van der Waals surface area contributed by atoms with Gasteiger partial charge in [-0.2, -0.15) is 0 Å². The van der Waals surface area contributed by atoms with Crippen molar-refractivity contribution in [1.82, 2.24) is 0 Å². The molecule has 1 aliphatic rings. The molecule has 0 aromatic heterocycles. The third-order valence-electron chi connectivity index (χ3n) is 1.28. The van der Waals surface area contributed by atoms with Crippen molar-refractivity contribution in [2.45, 2.75) is 6.29 Å². The Hall–Kier alpha value is -0.940. The maximum atomic E-state index is 10.9. The molecule has 0 amide bonds. The van der Waals surface area contributed by atoms with Crippen LogP contribution in [0.1, 0.15) is 0 Å². The second-order valence-electron chi connectivity index (χ2n) is 2.21. The maximum Gasteiger partial charge on any atom is 0.473 e. The zero-order valence-electron chi connectivity index (χ0n) is 6.41. The van der Waals surface area contributed by atoms with Crippen LogP contribution in [0.4, 0.5) is 0 Å². The molecule has 1 rings (SSSR count). The van der Waals surface area contributed by atoms with E-state index in [2.05, 4.69) is 15.8 Å². The van der Waals surface area contributed by atoms with Crippen LogP contribution in [0.2, 0.25) is 0 Å². The summed E-state index contributed by atoms with van der Waals surface area (Å²) in [6.45, 7) is 3.20. The molecule has 1 aliphatic heterocycles. The summed E-state index contributed by atoms with van der Waals surface area (Å²) in [5.74, 6) is -0.482. The summed E-state index contributed by atoms with van der Waals surface area (Å²) in [6, 6.07) is 0. The third-order valence-corrected chi connectivity index (χ3v) is 1.74. The fraction of sp³-hybridized carbons (Fsp3) is 0.167. The molecule has 1 heterocycles. The van der Waals surface area contributed by atoms with Crippen LogP contribution in [0, 0.1) is 0 Å². The molecule has 0 spiro atoms. The summed E-state index contributed by atoms with van der Waals surface area (Å²) in [5.41, 5.74) is 0.0401. The first-order valence-electron chi connectivity index (χ1n) is 3.20. The van der Waals surface area contributed by atoms with Gasteiger partial charge in [-0.1, -0.05) is 6.58 Å². The van der Waals surface area contributed by atoms with Crippen molar-refractivity contribution >= 4 is 13.6 Å². The summed E-state index contributed by atoms with van der Waals surface area (Å²) in [7, 11) is -4.63. The highest BCUT2D eigenvalue weighted by atomic mass is 31.2. The minimum atomic E-state index is -4.63. The Kier molecular flexibility index (Phi) is 2.68. The van der Waals surface area contributed by atoms with E-state index in [0.29, 0.717) is 0 Å². The predicted molar refractivity (Wildman–Crippen MR) is 41.3 cm³/mol. The molecule has 0 aromatic rings. The molecule has 6 nitrogen and oxygen atoms in total. The van der Waals surface area contributed by atoms with Gasteiger partial charge in [-0.15, -0.1) is 0 Å². The van der Waals surface area contributed by atoms with Gasteiger partial charge in [0.1, 0.15) is 11.8 Å². The predicted octanol–water partition coefficient (Wildman–Crippen LogP) is 0.0910. The summed E-state index contributed by atoms with van der Waals surface area (Å²) >= 11 is 0. The van der Waals surface area contributed by atoms with E-state index < -0.39 is 19.9 Å². The lowest BCUT2D eigenvalue weighted by Gasteiger charge is -2.25. The van der Waals surface area contributed by atoms with Crippen molar-refractivity contribution in [2.75, 3.05) is 0 Å². The number of rotatable bonds is 4. The van der Waals surface area contributed by atoms with E-state index in [9.17, 15) is 9.36 Å². The summed E-state index contributed by atoms with van der Waals surface area (Å²) in [6.07, 6.45) is 0.778. The summed E-state index contributed by atoms with van der Waals surface area (Å²) in [4.78, 5) is 27.6. The molecule has 0 saturated heterocycles. The molecule has 0 fully saturated rings. The molecule has 1 atom stereocenters. The molecule has 0 aromatic carbocycles. The van der Waals surface area contributed by atoms with E-state index in [4.69, 9.17) is 9.79 Å². The molecule has 1 unspecified atom stereocenters. The number of phosphoric acid groups is 1. The molecule has 0 aliphatic carbocycles. The zero-order valence-corrected chi connectivity index (χ0v) is 7.31. The van der Waals surface area contributed by atoms with Crippen molar-refractivity contribution < 1.29 is 28.4 Å². The van der Waals surface area contributed by atoms with Crippen molar-refractivity contribution in [3.63, 3.8) is 0 Å². The normalized spacial score (nSPS) is 21.1. The number of ether oxygens (including phenoxy) is 1. The second-order valence-corrected chi connectivity index (χ2v) is 3.40. The standard InChI is InChI=1S/C6H7O6P/c1-2-5(7)4-3-11-6(4)12-13(8,9)10/h2-3,6H,1H2,(H2,8,9,10). The molecule has 2 N–H and O–H groups in total. The molecule has 0 bridgehead atoms. The van der Waals surface area contributed by atoms with Gasteiger partial charge in [0.2, 0.25) is 6.29 Å². The van der Waals surface area contributed by atoms with Crippen LogP contribution < -0.4 is 0 Å². The average molecular weight is 206 g/mol. The summed E-state index contributed by atoms with van der Waals surface area (Å²) < 4.78 is 18.9. The fourth-order valence-electron chi connectivity index (χ4n) is 0.690. The van der Waals surface area contributed by atoms with E-state index in [0.717, 1.165) is 12.3 Å². The van der Waals surface area contributed by atoms with Crippen LogP contribution in [0.15, 0.2) is 24.5 Å². The molecule has 72 valence electrons. The van der Waals surface area contributed by atoms with E-state index >= 15 is 0 Å². The first-order valence-corrected chi connectivity index (χ1v) is 4.73. The number of ketones is 1. The van der Waals surface area contributed by atoms with E-state index in [1.54, 1.807) is 0 Å². The van der Waals surface area contributed by atoms with Crippen LogP contribution in [0.5, 0.6) is 0 Å². The van der Waals surface area contributed by atoms with E-state index in [-0.39, 0.29) is 5.57 Å². The lowest BCUT2D eigenvalue weighted by Crippen LogP contribution is -2.28. The summed E-state index contributed by atoms with van der Waals surface area (Å²) in [5, 5.41) is 0. The fourth-order valence-corrected chi connectivity index (χ4v) is 1.10. The molecule has 7 heteroatoms. The zero-order chi connectivity index (χ0) is 10.1. The molecule has 0 saturated carbocycles. The molecule has 13 heavy (non-hydrogen) atoms. The number of hydrogen-bond acceptors (Lipinski definition) is 4. The minimum absolute atomic E-state index is 0.0401. The lowest BCUT2D eigenvalue weighted by atomic mass is 10.1. The number of hydrogen-bond donors (Lipinski definition) is 2. The van der Waals surface area contributed by atoms with Gasteiger partial charge in [-0.3, -0.25) is 4.79 Å². The van der Waals surface area contributed by atoms with E-state index in [1.165, 1.54) is 0 Å². The molecule has 0 radical (unpaired) electrons. The van der Waals surface area contributed by atoms with Gasteiger partial charge in [0.05, 0.1) is 0 Å². The van der Waals surface area contributed by atoms with E-state index in [1.807, 2.05) is 0 Å². The first kappa shape index (κ1) is 10.1. The first-order chi connectivity index (χ1) is 5.94. The minimum Gasteiger partial charge on any atom is -0.467 e. The highest BCUT2D eigenvalue weighted by molar-refractivity contribution is 7.46. The number of phosphoric ester groups is 1. The van der Waals surface area contributed by atoms with Gasteiger partial charge in [-0.25, -0.2) is 9.09 Å². The number of carbonyl (C=O) groups excluding carboxylic acids is 1. The third kappa shape index (κ3) is 2.50. The average Bonchev–Trinajstić information content (AvgIpc) is 1.96. The molecular weight excluding hydrogens is 199 g/mol. The Balaban J connectivity index is 2.60. The van der Waals surface area contributed by atoms with Gasteiger partial charge >= 0.3 is 7.82 Å². The molecular formula is C6H7O6P. The van der Waals surface area contributed by atoms with Gasteiger partial charge < -0.3 is 14.5 Å². The van der Waals surface area contributed by atoms with Gasteiger partial charge in [0, 0.05) is 0 Å². The highest BCUT2D eigenvalue weighted by Gasteiger charge is 2.34. The maximum absolute atomic E-state index is 10.9. The van der Waals surface area contributed by atoms with Crippen molar-refractivity contribution in [3.05, 3.63) is 24.5 Å². The highest BCUT2D eigenvalue weighted by Crippen LogP contribution is 2.41.